The minimum Gasteiger partial charge on any atom is -0.358 e. The highest BCUT2D eigenvalue weighted by atomic mass is 16.6. The molecular weight excluding hydrogens is 152 g/mol. The van der Waals surface area contributed by atoms with Crippen LogP contribution < -0.4 is 0 Å². The van der Waals surface area contributed by atoms with Crippen molar-refractivity contribution in [1.82, 2.24) is 0 Å². The van der Waals surface area contributed by atoms with Crippen molar-refractivity contribution in [2.45, 2.75) is 51.2 Å². The van der Waals surface area contributed by atoms with Gasteiger partial charge in [0, 0.05) is 6.42 Å². The van der Waals surface area contributed by atoms with Crippen molar-refractivity contribution in [2.75, 3.05) is 0 Å². The number of rotatable bonds is 2. The average molecular weight is 168 g/mol. The molecule has 0 amide bonds. The maximum absolute atomic E-state index is 11.3. The van der Waals surface area contributed by atoms with Crippen molar-refractivity contribution in [3.05, 3.63) is 0 Å². The molecule has 2 heteroatoms. The van der Waals surface area contributed by atoms with Crippen molar-refractivity contribution in [1.29, 1.82) is 0 Å². The first-order valence-electron chi connectivity index (χ1n) is 4.89. The molecule has 2 fully saturated rings. The van der Waals surface area contributed by atoms with Crippen LogP contribution in [0.15, 0.2) is 0 Å². The van der Waals surface area contributed by atoms with Gasteiger partial charge in [-0.2, -0.15) is 0 Å². The molecular formula is C10H16O2. The van der Waals surface area contributed by atoms with E-state index >= 15 is 0 Å². The lowest BCUT2D eigenvalue weighted by atomic mass is 9.77. The van der Waals surface area contributed by atoms with E-state index in [0.29, 0.717) is 11.7 Å². The van der Waals surface area contributed by atoms with Gasteiger partial charge in [-0.3, -0.25) is 4.79 Å². The molecule has 0 bridgehead atoms. The highest BCUT2D eigenvalue weighted by molar-refractivity contribution is 5.88. The number of fused-ring (bicyclic) bond motifs is 1. The Labute approximate surface area is 73.3 Å². The number of hydrogen-bond donors (Lipinski definition) is 0. The first-order chi connectivity index (χ1) is 5.68. The summed E-state index contributed by atoms with van der Waals surface area (Å²) < 4.78 is 5.49. The molecule has 0 spiro atoms. The molecule has 3 unspecified atom stereocenters. The fourth-order valence-corrected chi connectivity index (χ4v) is 2.43. The highest BCUT2D eigenvalue weighted by Crippen LogP contribution is 2.50. The van der Waals surface area contributed by atoms with Crippen LogP contribution >= 0.6 is 0 Å². The Morgan fingerprint density at radius 1 is 1.67 bits per heavy atom. The molecule has 0 aromatic heterocycles. The van der Waals surface area contributed by atoms with Gasteiger partial charge in [0.1, 0.15) is 11.7 Å². The molecule has 1 aliphatic carbocycles. The molecule has 2 rings (SSSR count). The zero-order chi connectivity index (χ0) is 8.77. The zero-order valence-corrected chi connectivity index (χ0v) is 7.80. The molecule has 2 nitrogen and oxygen atoms in total. The van der Waals surface area contributed by atoms with E-state index in [1.807, 2.05) is 0 Å². The van der Waals surface area contributed by atoms with E-state index < -0.39 is 0 Å². The van der Waals surface area contributed by atoms with E-state index in [1.54, 1.807) is 0 Å². The number of epoxide rings is 1. The monoisotopic (exact) mass is 168 g/mol. The first kappa shape index (κ1) is 8.24. The van der Waals surface area contributed by atoms with Crippen molar-refractivity contribution in [3.8, 4) is 0 Å². The molecule has 0 N–H and O–H groups in total. The Bertz CT molecular complexity index is 212. The van der Waals surface area contributed by atoms with Crippen LogP contribution in [0.25, 0.3) is 0 Å². The molecule has 1 heterocycles. The van der Waals surface area contributed by atoms with E-state index in [0.717, 1.165) is 12.8 Å². The predicted molar refractivity (Wildman–Crippen MR) is 45.9 cm³/mol. The molecule has 68 valence electrons. The van der Waals surface area contributed by atoms with Gasteiger partial charge < -0.3 is 4.74 Å². The molecule has 0 radical (unpaired) electrons. The van der Waals surface area contributed by atoms with Crippen LogP contribution in [0.3, 0.4) is 0 Å². The van der Waals surface area contributed by atoms with E-state index in [-0.39, 0.29) is 11.7 Å². The minimum absolute atomic E-state index is 0.0391. The van der Waals surface area contributed by atoms with Gasteiger partial charge in [0.05, 0.1) is 0 Å². The number of ketones is 1. The lowest BCUT2D eigenvalue weighted by molar-refractivity contribution is -0.121. The van der Waals surface area contributed by atoms with Gasteiger partial charge in [0.25, 0.3) is 0 Å². The minimum atomic E-state index is -0.0641. The van der Waals surface area contributed by atoms with Crippen LogP contribution in [0.2, 0.25) is 0 Å². The molecule has 0 aromatic carbocycles. The largest absolute Gasteiger partial charge is 0.358 e. The lowest BCUT2D eigenvalue weighted by Gasteiger charge is -2.23. The Morgan fingerprint density at radius 3 is 3.08 bits per heavy atom. The molecule has 12 heavy (non-hydrogen) atoms. The van der Waals surface area contributed by atoms with E-state index in [9.17, 15) is 4.79 Å². The summed E-state index contributed by atoms with van der Waals surface area (Å²) in [7, 11) is 0. The third kappa shape index (κ3) is 1.01. The van der Waals surface area contributed by atoms with Crippen molar-refractivity contribution in [3.63, 3.8) is 0 Å². The third-order valence-electron chi connectivity index (χ3n) is 3.31. The molecule has 1 saturated carbocycles. The van der Waals surface area contributed by atoms with Gasteiger partial charge in [-0.1, -0.05) is 13.3 Å². The van der Waals surface area contributed by atoms with E-state index in [4.69, 9.17) is 4.74 Å². The van der Waals surface area contributed by atoms with E-state index in [2.05, 4.69) is 13.8 Å². The summed E-state index contributed by atoms with van der Waals surface area (Å²) in [6.07, 6.45) is 4.15. The second-order valence-corrected chi connectivity index (χ2v) is 4.17. The number of hydrogen-bond acceptors (Lipinski definition) is 2. The van der Waals surface area contributed by atoms with Gasteiger partial charge in [0.2, 0.25) is 0 Å². The summed E-state index contributed by atoms with van der Waals surface area (Å²) in [6, 6.07) is 0. The summed E-state index contributed by atoms with van der Waals surface area (Å²) in [5, 5.41) is 0. The molecule has 1 aliphatic heterocycles. The maximum Gasteiger partial charge on any atom is 0.164 e. The van der Waals surface area contributed by atoms with Gasteiger partial charge in [-0.25, -0.2) is 0 Å². The SMILES string of the molecule is CCCC1CCC(=O)C2OC12C. The molecule has 0 aromatic rings. The number of carbonyl (C=O) groups is 1. The van der Waals surface area contributed by atoms with Crippen LogP contribution in [0.4, 0.5) is 0 Å². The molecule has 3 atom stereocenters. The van der Waals surface area contributed by atoms with Crippen LogP contribution in [-0.2, 0) is 9.53 Å². The van der Waals surface area contributed by atoms with Crippen molar-refractivity contribution >= 4 is 5.78 Å². The second-order valence-electron chi connectivity index (χ2n) is 4.17. The number of ether oxygens (including phenoxy) is 1. The van der Waals surface area contributed by atoms with Gasteiger partial charge in [0.15, 0.2) is 5.78 Å². The highest BCUT2D eigenvalue weighted by Gasteiger charge is 2.62. The Hall–Kier alpha value is -0.370. The number of Topliss-reactive ketones (excluding diaryl/α,β-unsaturated/α-hetero) is 1. The normalized spacial score (nSPS) is 45.7. The van der Waals surface area contributed by atoms with Gasteiger partial charge in [-0.05, 0) is 25.7 Å². The van der Waals surface area contributed by atoms with Crippen LogP contribution in [0.5, 0.6) is 0 Å². The Kier molecular flexibility index (Phi) is 1.76. The maximum atomic E-state index is 11.3. The van der Waals surface area contributed by atoms with Crippen molar-refractivity contribution < 1.29 is 9.53 Å². The fourth-order valence-electron chi connectivity index (χ4n) is 2.43. The first-order valence-corrected chi connectivity index (χ1v) is 4.89. The quantitative estimate of drug-likeness (QED) is 0.589. The van der Waals surface area contributed by atoms with Crippen LogP contribution in [-0.4, -0.2) is 17.5 Å². The topological polar surface area (TPSA) is 29.6 Å². The smallest absolute Gasteiger partial charge is 0.164 e. The average Bonchev–Trinajstić information content (AvgIpc) is 2.71. The van der Waals surface area contributed by atoms with E-state index in [1.165, 1.54) is 12.8 Å². The van der Waals surface area contributed by atoms with Gasteiger partial charge in [-0.15, -0.1) is 0 Å². The van der Waals surface area contributed by atoms with Crippen LogP contribution in [0, 0.1) is 5.92 Å². The third-order valence-corrected chi connectivity index (χ3v) is 3.31. The van der Waals surface area contributed by atoms with Gasteiger partial charge >= 0.3 is 0 Å². The fraction of sp³-hybridized carbons (Fsp3) is 0.900. The summed E-state index contributed by atoms with van der Waals surface area (Å²) in [4.78, 5) is 11.3. The second kappa shape index (κ2) is 2.56. The predicted octanol–water partition coefficient (Wildman–Crippen LogP) is 1.92. The number of carbonyl (C=O) groups excluding carboxylic acids is 1. The lowest BCUT2D eigenvalue weighted by Crippen LogP contribution is -2.32. The summed E-state index contributed by atoms with van der Waals surface area (Å²) in [5.74, 6) is 0.954. The standard InChI is InChI=1S/C10H16O2/c1-3-4-7-5-6-8(11)9-10(7,2)12-9/h7,9H,3-6H2,1-2H3. The van der Waals surface area contributed by atoms with Crippen molar-refractivity contribution in [2.24, 2.45) is 5.92 Å². The van der Waals surface area contributed by atoms with Crippen LogP contribution in [0.1, 0.15) is 39.5 Å². The summed E-state index contributed by atoms with van der Waals surface area (Å²) in [6.45, 7) is 4.28. The molecule has 1 saturated heterocycles. The molecule has 2 aliphatic rings. The zero-order valence-electron chi connectivity index (χ0n) is 7.80. The Morgan fingerprint density at radius 2 is 2.42 bits per heavy atom. The summed E-state index contributed by atoms with van der Waals surface area (Å²) >= 11 is 0. The summed E-state index contributed by atoms with van der Waals surface area (Å²) in [5.41, 5.74) is -0.0641. The Balaban J connectivity index is 2.05.